The number of likely N-dealkylation sites (N-methyl/N-ethyl adjacent to an activating group) is 2. The summed E-state index contributed by atoms with van der Waals surface area (Å²) in [7, 11) is 15.1. The average Bonchev–Trinajstić information content (AvgIpc) is 1.57. The number of aliphatic hydroxyl groups excluding tert-OH is 3. The monoisotopic (exact) mass is 2080 g/mol. The molecule has 0 spiro atoms. The molecular formula is C117H247N26O4+25. The van der Waals surface area contributed by atoms with Crippen LogP contribution in [0.1, 0.15) is 242 Å². The molecule has 6 bridgehead atoms. The van der Waals surface area contributed by atoms with Gasteiger partial charge in [0.15, 0.2) is 43.4 Å². The van der Waals surface area contributed by atoms with E-state index in [2.05, 4.69) is 199 Å². The highest BCUT2D eigenvalue weighted by atomic mass is 16.5. The van der Waals surface area contributed by atoms with E-state index in [0.29, 0.717) is 25.2 Å². The number of fused-ring (bicyclic) bond motifs is 3. The van der Waals surface area contributed by atoms with Gasteiger partial charge in [-0.25, -0.2) is 19.9 Å². The van der Waals surface area contributed by atoms with Crippen LogP contribution >= 0.6 is 0 Å². The first-order valence-corrected chi connectivity index (χ1v) is 59.2. The van der Waals surface area contributed by atoms with E-state index >= 15 is 0 Å². The lowest BCUT2D eigenvalue weighted by atomic mass is 9.53. The van der Waals surface area contributed by atoms with Crippen LogP contribution in [0.3, 0.4) is 0 Å². The number of benzene rings is 2. The molecule has 0 amide bonds. The zero-order chi connectivity index (χ0) is 108. The van der Waals surface area contributed by atoms with Crippen molar-refractivity contribution < 1.29 is 155 Å². The van der Waals surface area contributed by atoms with E-state index in [1.807, 2.05) is 154 Å². The summed E-state index contributed by atoms with van der Waals surface area (Å²) in [5.74, 6) is 5.36. The minimum atomic E-state index is 0.106. The summed E-state index contributed by atoms with van der Waals surface area (Å²) in [5, 5.41) is 40.5. The number of morpholine rings is 1. The van der Waals surface area contributed by atoms with Crippen molar-refractivity contribution in [2.75, 3.05) is 231 Å². The van der Waals surface area contributed by atoms with Gasteiger partial charge in [0.25, 0.3) is 0 Å². The SMILES string of the molecule is C1=C[NH2+]C=C1.C1CC[NH2+]C1.C1CC[NH2+]CC1.C1COCC[NH2+]1.C1C[NH2+]CC[NH2+]1.CN(C)c1cc[nH+]cc1.C[NH+](C)CC[NH+](C)C.C[NH+]1CCCCC1.Cc1cc[nH+]cc1.OCC[NH+](CCO)CCO.[NH3+]C12CC3CC(CC(C3)C1)C2.[NH3+]C1CC1.[NH3+]C1CC2CCC1C2.[NH3+]C1CCC1.[NH3+]C1CCCC1.[NH3+]C1CCCCC1.[NH3+]CCCCCC[NH3+].[NH3+]CC[NH3+].[NH3+]CCc1ccccc1.c1cc[nH+]cc1.c1ccc2[nH+]cccc2c1. The van der Waals surface area contributed by atoms with Gasteiger partial charge >= 0.3 is 0 Å². The number of likely N-dealkylation sites (tertiary alicyclic amines) is 1. The molecule has 22 rings (SSSR count). The molecule has 30 heteroatoms. The maximum atomic E-state index is 8.51. The van der Waals surface area contributed by atoms with Crippen molar-refractivity contribution >= 4 is 16.6 Å². The summed E-state index contributed by atoms with van der Waals surface area (Å²) in [6, 6.07) is 40.8. The van der Waals surface area contributed by atoms with E-state index < -0.39 is 0 Å². The molecule has 844 valence electrons. The molecule has 3 unspecified atom stereocenters. The fourth-order valence-corrected chi connectivity index (χ4v) is 19.4. The molecule has 10 aliphatic carbocycles. The Labute approximate surface area is 895 Å². The second kappa shape index (κ2) is 100. The van der Waals surface area contributed by atoms with E-state index in [9.17, 15) is 0 Å². The minimum Gasteiger partial charge on any atom is -0.391 e. The standard InChI is InChI=1S/C10H17N.C9H7N.C8H11N.C7H10N2.C7H13N.2C6H16N2.C6H15NO3.C6H7N.2C6H13N.C5H11N.C5H5N.C5H11N.C4H10N2.C4H9NO.C4H9N.C4H5N.C4H9N.C3H7N.C2H8N2/c11-10-4-7-1-8(5-10)3-9(2-7)6-10;1-2-6-9-8(4-1)5-3-7-10-9;9-7-6-8-4-2-1-3-5-8;1-9(2)7-3-5-8-6-4-7;8-7-4-5-1-2-6(7)3-5;1-7(2)5-6-8(3)4;7-5-3-1-2-4-6-8;8-4-1-7(2-5-9)3-6-10;1-6-2-4-7-5-3-6;1-7-5-3-2-4-6-7;7-6-4-2-1-3-5-6;2*1-2-4-6-5-3-1;6-5-3-1-2-4-5;1-2-6-4-3-5-1;1-3-6-4-2-5-1;2*1-2-4-5-3-1;5-4-2-1-3-4;4-3-1-2-3;3-1-2-4/h7-9H,1-6,11H2;1-7H;1-5H,6-7,9H2;3-6H,1-2H3;5-7H,1-4,8H2;5-6H2,1-4H3;1-8H2;8-10H,1-6H2;2-5H,1H3;2-6H2,1H3;6H,1-5,7H2;6H,1-5H2;1-5H;5H,1-4,6H2;5-6H,1-4H2;5H,1-4H2;5H,1-4H2;1-5H;4H,1-3,5H2;3H,1-2,4H2;1-4H2/p+25. The molecule has 6 aromatic rings. The minimum absolute atomic E-state index is 0.106. The third-order valence-corrected chi connectivity index (χ3v) is 28.5. The Morgan fingerprint density at radius 2 is 0.810 bits per heavy atom. The molecule has 30 nitrogen and oxygen atoms in total. The molecule has 0 radical (unpaired) electrons. The van der Waals surface area contributed by atoms with Crippen molar-refractivity contribution in [3.05, 3.63) is 188 Å². The highest BCUT2D eigenvalue weighted by molar-refractivity contribution is 5.74. The Kier molecular flexibility index (Phi) is 94.4. The Morgan fingerprint density at radius 1 is 0.401 bits per heavy atom. The second-order valence-corrected chi connectivity index (χ2v) is 44.0. The van der Waals surface area contributed by atoms with Crippen LogP contribution in [-0.2, 0) is 11.2 Å². The predicted molar refractivity (Wildman–Crippen MR) is 598 cm³/mol. The van der Waals surface area contributed by atoms with Crippen molar-refractivity contribution in [1.29, 1.82) is 0 Å². The number of nitrogens with one attached hydrogen (secondary N) is 8. The lowest BCUT2D eigenvalue weighted by molar-refractivity contribution is -0.918. The molecular weight excluding hydrogens is 1830 g/mol. The molecule has 3 atom stereocenters. The summed E-state index contributed by atoms with van der Waals surface area (Å²) in [6.07, 6.45) is 73.9. The summed E-state index contributed by atoms with van der Waals surface area (Å²) >= 11 is 0. The van der Waals surface area contributed by atoms with E-state index in [0.717, 1.165) is 130 Å². The van der Waals surface area contributed by atoms with Crippen LogP contribution in [0, 0.1) is 36.5 Å². The van der Waals surface area contributed by atoms with Crippen molar-refractivity contribution in [2.45, 2.75) is 280 Å². The van der Waals surface area contributed by atoms with E-state index in [4.69, 9.17) is 20.1 Å². The number of nitrogens with zero attached hydrogens (tertiary/aromatic N) is 1. The van der Waals surface area contributed by atoms with Gasteiger partial charge in [-0.1, -0.05) is 55.0 Å². The zero-order valence-electron chi connectivity index (χ0n) is 96.2. The largest absolute Gasteiger partial charge is 0.391 e. The van der Waals surface area contributed by atoms with Crippen LogP contribution in [0.2, 0.25) is 0 Å². The number of anilines is 1. The molecule has 6 aliphatic heterocycles. The number of aromatic amines is 4. The summed E-state index contributed by atoms with van der Waals surface area (Å²) < 4.78 is 5.04. The topological polar surface area (TPSA) is 551 Å². The van der Waals surface area contributed by atoms with Crippen molar-refractivity contribution in [3.8, 4) is 0 Å². The summed E-state index contributed by atoms with van der Waals surface area (Å²) in [4.78, 5) is 19.8. The van der Waals surface area contributed by atoms with Crippen LogP contribution < -0.4 is 139 Å². The number of aryl methyl sites for hydroxylation is 1. The van der Waals surface area contributed by atoms with Crippen LogP contribution in [0.5, 0.6) is 0 Å². The lowest BCUT2D eigenvalue weighted by Gasteiger charge is -2.52. The number of para-hydroxylation sites is 1. The third-order valence-electron chi connectivity index (χ3n) is 28.5. The Balaban J connectivity index is 0.000000775. The van der Waals surface area contributed by atoms with Crippen LogP contribution in [-0.4, -0.2) is 277 Å². The number of nitrogens with two attached hydrogens (primary N) is 6. The van der Waals surface area contributed by atoms with Crippen molar-refractivity contribution in [1.82, 2.24) is 0 Å². The Bertz CT molecular complexity index is 3450. The highest BCUT2D eigenvalue weighted by Gasteiger charge is 2.51. The third kappa shape index (κ3) is 88.7. The summed E-state index contributed by atoms with van der Waals surface area (Å²) in [5.41, 5.74) is 48.1. The van der Waals surface area contributed by atoms with Crippen LogP contribution in [0.15, 0.2) is 177 Å². The number of hydrogen-bond donors (Lipinski definition) is 24. The molecule has 15 fully saturated rings. The molecule has 10 saturated carbocycles. The molecule has 5 saturated heterocycles. The highest BCUT2D eigenvalue weighted by Crippen LogP contribution is 2.54. The molecule has 16 aliphatic rings. The number of H-pyrrole nitrogens is 4. The molecule has 147 heavy (non-hydrogen) atoms. The van der Waals surface area contributed by atoms with Gasteiger partial charge in [0.05, 0.1) is 188 Å². The average molecular weight is 2080 g/mol. The predicted octanol–water partition coefficient (Wildman–Crippen LogP) is -9.80. The first kappa shape index (κ1) is 139. The molecule has 10 heterocycles. The fourth-order valence-electron chi connectivity index (χ4n) is 19.4. The summed E-state index contributed by atoms with van der Waals surface area (Å²) in [6.45, 7) is 29.6. The number of unbranched alkanes of at least 4 members (excludes halogenated alkanes) is 3. The van der Waals surface area contributed by atoms with Crippen molar-refractivity contribution in [3.63, 3.8) is 0 Å². The number of rotatable bonds is 18. The van der Waals surface area contributed by atoms with Gasteiger partial charge in [-0.15, -0.1) is 0 Å². The van der Waals surface area contributed by atoms with Gasteiger partial charge in [-0.05, 0) is 239 Å². The molecule has 2 aromatic carbocycles. The quantitative estimate of drug-likeness (QED) is 0.0372. The van der Waals surface area contributed by atoms with Gasteiger partial charge < -0.3 is 134 Å². The maximum absolute atomic E-state index is 8.51. The van der Waals surface area contributed by atoms with E-state index in [-0.39, 0.29) is 19.8 Å². The zero-order valence-corrected chi connectivity index (χ0v) is 96.2. The van der Waals surface area contributed by atoms with Gasteiger partial charge in [0.1, 0.15) is 72.0 Å². The number of allylic oxidation sites excluding steroid dienone is 2. The number of piperazine rings is 1. The Hall–Kier alpha value is -6.42. The second-order valence-electron chi connectivity index (χ2n) is 44.0. The number of hydrogen-bond acceptors (Lipinski definition) is 5. The number of aliphatic hydroxyl groups is 3. The first-order valence-electron chi connectivity index (χ1n) is 59.2. The van der Waals surface area contributed by atoms with E-state index in [1.165, 1.54) is 328 Å². The van der Waals surface area contributed by atoms with Crippen molar-refractivity contribution in [2.24, 2.45) is 29.6 Å². The van der Waals surface area contributed by atoms with Gasteiger partial charge in [0.2, 0.25) is 5.52 Å². The van der Waals surface area contributed by atoms with Gasteiger partial charge in [-0.3, -0.25) is 5.32 Å². The maximum Gasteiger partial charge on any atom is 0.210 e. The van der Waals surface area contributed by atoms with Crippen LogP contribution in [0.25, 0.3) is 10.9 Å². The number of aromatic nitrogens is 4. The molecule has 4 aromatic heterocycles. The number of quaternary nitrogens is 21. The smallest absolute Gasteiger partial charge is 0.210 e. The fraction of sp³-hybridized carbons (Fsp3) is 0.709. The first-order chi connectivity index (χ1) is 71.5. The van der Waals surface area contributed by atoms with Gasteiger partial charge in [-0.2, -0.15) is 0 Å². The number of ether oxygens (including phenoxy) is 1. The normalized spacial score (nSPS) is 21.4. The lowest BCUT2D eigenvalue weighted by Crippen LogP contribution is -3.14. The van der Waals surface area contributed by atoms with E-state index in [1.54, 1.807) is 24.2 Å². The Morgan fingerprint density at radius 3 is 1.07 bits per heavy atom. The number of piperidine rings is 2. The molecule has 56 N–H and O–H groups in total. The van der Waals surface area contributed by atoms with Crippen LogP contribution in [0.4, 0.5) is 5.69 Å². The number of pyridine rings is 4. The van der Waals surface area contributed by atoms with Gasteiger partial charge in [0, 0.05) is 137 Å².